The average Bonchev–Trinajstić information content (AvgIpc) is 2.60. The van der Waals surface area contributed by atoms with Crippen LogP contribution >= 0.6 is 11.8 Å². The van der Waals surface area contributed by atoms with Crippen molar-refractivity contribution in [2.75, 3.05) is 25.3 Å². The number of nitriles is 1. The Morgan fingerprint density at radius 3 is 2.43 bits per heavy atom. The summed E-state index contributed by atoms with van der Waals surface area (Å²) in [7, 11) is 3.07. The van der Waals surface area contributed by atoms with E-state index in [1.54, 1.807) is 37.4 Å². The van der Waals surface area contributed by atoms with E-state index in [1.807, 2.05) is 12.1 Å². The summed E-state index contributed by atoms with van der Waals surface area (Å²) in [6.07, 6.45) is 0. The number of nitrogens with one attached hydrogen (secondary N) is 1. The summed E-state index contributed by atoms with van der Waals surface area (Å²) in [4.78, 5) is 13.3. The molecule has 0 atom stereocenters. The van der Waals surface area contributed by atoms with Crippen LogP contribution in [0.3, 0.4) is 0 Å². The molecular weight excluding hydrogens is 312 g/mol. The zero-order chi connectivity index (χ0) is 16.7. The van der Waals surface area contributed by atoms with E-state index in [-0.39, 0.29) is 5.91 Å². The molecule has 0 radical (unpaired) electrons. The molecule has 0 aliphatic rings. The fraction of sp³-hybridized carbons (Fsp3) is 0.176. The predicted octanol–water partition coefficient (Wildman–Crippen LogP) is 3.57. The zero-order valence-electron chi connectivity index (χ0n) is 12.8. The van der Waals surface area contributed by atoms with Gasteiger partial charge in [-0.05, 0) is 42.5 Å². The van der Waals surface area contributed by atoms with E-state index in [0.717, 1.165) is 4.90 Å². The Bertz CT molecular complexity index is 724. The Labute approximate surface area is 139 Å². The number of anilines is 1. The summed E-state index contributed by atoms with van der Waals surface area (Å²) in [5, 5.41) is 11.4. The van der Waals surface area contributed by atoms with E-state index in [4.69, 9.17) is 14.7 Å². The molecule has 0 heterocycles. The van der Waals surface area contributed by atoms with Gasteiger partial charge in [0.05, 0.1) is 26.0 Å². The fourth-order valence-electron chi connectivity index (χ4n) is 1.93. The van der Waals surface area contributed by atoms with Crippen molar-refractivity contribution in [1.29, 1.82) is 5.26 Å². The molecule has 5 nitrogen and oxygen atoms in total. The predicted molar refractivity (Wildman–Crippen MR) is 90.3 cm³/mol. The second-order valence-electron chi connectivity index (χ2n) is 4.50. The first-order valence-corrected chi connectivity index (χ1v) is 7.79. The van der Waals surface area contributed by atoms with E-state index in [1.165, 1.54) is 18.9 Å². The van der Waals surface area contributed by atoms with Crippen LogP contribution in [0.5, 0.6) is 11.5 Å². The van der Waals surface area contributed by atoms with Crippen LogP contribution in [0.25, 0.3) is 0 Å². The van der Waals surface area contributed by atoms with Crippen molar-refractivity contribution >= 4 is 23.4 Å². The number of thioether (sulfide) groups is 1. The molecule has 23 heavy (non-hydrogen) atoms. The first-order valence-electron chi connectivity index (χ1n) is 6.81. The van der Waals surface area contributed by atoms with Gasteiger partial charge < -0.3 is 14.8 Å². The lowest BCUT2D eigenvalue weighted by Crippen LogP contribution is -2.12. The lowest BCUT2D eigenvalue weighted by Gasteiger charge is -2.10. The van der Waals surface area contributed by atoms with Gasteiger partial charge in [0, 0.05) is 16.1 Å². The fourth-order valence-corrected chi connectivity index (χ4v) is 2.49. The third-order valence-electron chi connectivity index (χ3n) is 3.06. The smallest absolute Gasteiger partial charge is 0.255 e. The van der Waals surface area contributed by atoms with E-state index >= 15 is 0 Å². The highest BCUT2D eigenvalue weighted by Gasteiger charge is 2.11. The van der Waals surface area contributed by atoms with Gasteiger partial charge in [-0.2, -0.15) is 5.26 Å². The lowest BCUT2D eigenvalue weighted by molar-refractivity contribution is 0.102. The summed E-state index contributed by atoms with van der Waals surface area (Å²) in [6, 6.07) is 14.4. The van der Waals surface area contributed by atoms with Crippen molar-refractivity contribution in [2.24, 2.45) is 0 Å². The van der Waals surface area contributed by atoms with Crippen LogP contribution in [0, 0.1) is 11.3 Å². The largest absolute Gasteiger partial charge is 0.493 e. The van der Waals surface area contributed by atoms with Crippen LogP contribution in [0.15, 0.2) is 47.4 Å². The molecule has 118 valence electrons. The Kier molecular flexibility index (Phi) is 5.89. The Morgan fingerprint density at radius 2 is 1.83 bits per heavy atom. The molecule has 0 aliphatic heterocycles. The average molecular weight is 328 g/mol. The van der Waals surface area contributed by atoms with Crippen LogP contribution in [0.2, 0.25) is 0 Å². The van der Waals surface area contributed by atoms with Crippen LogP contribution < -0.4 is 14.8 Å². The molecule has 0 saturated heterocycles. The van der Waals surface area contributed by atoms with Crippen molar-refractivity contribution in [3.05, 3.63) is 48.0 Å². The van der Waals surface area contributed by atoms with Crippen molar-refractivity contribution < 1.29 is 14.3 Å². The zero-order valence-corrected chi connectivity index (χ0v) is 13.6. The molecule has 0 aliphatic carbocycles. The van der Waals surface area contributed by atoms with Gasteiger partial charge in [-0.3, -0.25) is 4.79 Å². The number of amides is 1. The minimum absolute atomic E-state index is 0.233. The van der Waals surface area contributed by atoms with E-state index in [2.05, 4.69) is 11.4 Å². The Hall–Kier alpha value is -2.65. The molecule has 1 amide bonds. The van der Waals surface area contributed by atoms with Crippen LogP contribution in [0.4, 0.5) is 5.69 Å². The molecule has 0 unspecified atom stereocenters. The summed E-state index contributed by atoms with van der Waals surface area (Å²) in [5.41, 5.74) is 1.16. The summed E-state index contributed by atoms with van der Waals surface area (Å²) >= 11 is 1.45. The van der Waals surface area contributed by atoms with Crippen LogP contribution in [-0.4, -0.2) is 25.9 Å². The summed E-state index contributed by atoms with van der Waals surface area (Å²) in [6.45, 7) is 0. The monoisotopic (exact) mass is 328 g/mol. The van der Waals surface area contributed by atoms with E-state index < -0.39 is 0 Å². The third kappa shape index (κ3) is 4.41. The SMILES string of the molecule is COc1ccc(C(=O)Nc2ccc(SCC#N)cc2)cc1OC. The second-order valence-corrected chi connectivity index (χ2v) is 5.54. The molecular formula is C17H16N2O3S. The summed E-state index contributed by atoms with van der Waals surface area (Å²) in [5.74, 6) is 1.24. The molecule has 1 N–H and O–H groups in total. The van der Waals surface area contributed by atoms with Crippen molar-refractivity contribution in [1.82, 2.24) is 0 Å². The van der Waals surface area contributed by atoms with Crippen molar-refractivity contribution in [2.45, 2.75) is 4.90 Å². The normalized spacial score (nSPS) is 9.78. The molecule has 2 aromatic rings. The molecule has 6 heteroatoms. The van der Waals surface area contributed by atoms with Crippen molar-refractivity contribution in [3.8, 4) is 17.6 Å². The first kappa shape index (κ1) is 16.7. The summed E-state index contributed by atoms with van der Waals surface area (Å²) < 4.78 is 10.3. The number of rotatable bonds is 6. The highest BCUT2D eigenvalue weighted by Crippen LogP contribution is 2.28. The third-order valence-corrected chi connectivity index (χ3v) is 3.94. The number of benzene rings is 2. The molecule has 2 rings (SSSR count). The van der Waals surface area contributed by atoms with Crippen LogP contribution in [-0.2, 0) is 0 Å². The van der Waals surface area contributed by atoms with Gasteiger partial charge >= 0.3 is 0 Å². The van der Waals surface area contributed by atoms with E-state index in [9.17, 15) is 4.79 Å². The van der Waals surface area contributed by atoms with Gasteiger partial charge in [-0.15, -0.1) is 11.8 Å². The number of carbonyl (C=O) groups is 1. The minimum atomic E-state index is -0.233. The standard InChI is InChI=1S/C17H16N2O3S/c1-21-15-8-3-12(11-16(15)22-2)17(20)19-13-4-6-14(7-5-13)23-10-9-18/h3-8,11H,10H2,1-2H3,(H,19,20). The van der Waals surface area contributed by atoms with Gasteiger partial charge in [-0.25, -0.2) is 0 Å². The topological polar surface area (TPSA) is 71.3 Å². The van der Waals surface area contributed by atoms with E-state index in [0.29, 0.717) is 28.5 Å². The molecule has 2 aromatic carbocycles. The van der Waals surface area contributed by atoms with Gasteiger partial charge in [0.25, 0.3) is 5.91 Å². The second kappa shape index (κ2) is 8.11. The van der Waals surface area contributed by atoms with Crippen molar-refractivity contribution in [3.63, 3.8) is 0 Å². The molecule has 0 aromatic heterocycles. The highest BCUT2D eigenvalue weighted by atomic mass is 32.2. The maximum absolute atomic E-state index is 12.3. The number of hydrogen-bond acceptors (Lipinski definition) is 5. The highest BCUT2D eigenvalue weighted by molar-refractivity contribution is 7.99. The minimum Gasteiger partial charge on any atom is -0.493 e. The Morgan fingerprint density at radius 1 is 1.13 bits per heavy atom. The molecule has 0 bridgehead atoms. The quantitative estimate of drug-likeness (QED) is 0.821. The first-order chi connectivity index (χ1) is 11.2. The number of methoxy groups -OCH3 is 2. The molecule has 0 fully saturated rings. The van der Waals surface area contributed by atoms with Gasteiger partial charge in [0.2, 0.25) is 0 Å². The number of hydrogen-bond donors (Lipinski definition) is 1. The van der Waals surface area contributed by atoms with Gasteiger partial charge in [-0.1, -0.05) is 0 Å². The van der Waals surface area contributed by atoms with Gasteiger partial charge in [0.1, 0.15) is 0 Å². The maximum Gasteiger partial charge on any atom is 0.255 e. The van der Waals surface area contributed by atoms with Crippen LogP contribution in [0.1, 0.15) is 10.4 Å². The number of nitrogens with zero attached hydrogens (tertiary/aromatic N) is 1. The number of carbonyl (C=O) groups excluding carboxylic acids is 1. The van der Waals surface area contributed by atoms with Gasteiger partial charge in [0.15, 0.2) is 11.5 Å². The maximum atomic E-state index is 12.3. The molecule has 0 spiro atoms. The molecule has 0 saturated carbocycles. The number of ether oxygens (including phenoxy) is 2. The lowest BCUT2D eigenvalue weighted by atomic mass is 10.2. The Balaban J connectivity index is 2.08.